The zero-order chi connectivity index (χ0) is 22.4. The van der Waals surface area contributed by atoms with Gasteiger partial charge in [-0.3, -0.25) is 9.59 Å². The van der Waals surface area contributed by atoms with E-state index >= 15 is 0 Å². The number of nitrogens with one attached hydrogen (secondary N) is 1. The van der Waals surface area contributed by atoms with Gasteiger partial charge in [-0.25, -0.2) is 9.36 Å². The number of rotatable bonds is 10. The van der Waals surface area contributed by atoms with E-state index in [0.717, 1.165) is 34.4 Å². The lowest BCUT2D eigenvalue weighted by Crippen LogP contribution is -2.27. The molecule has 1 amide bonds. The quantitative estimate of drug-likeness (QED) is 0.505. The Labute approximate surface area is 182 Å². The Hall–Kier alpha value is -3.00. The van der Waals surface area contributed by atoms with Gasteiger partial charge in [0.05, 0.1) is 22.5 Å². The summed E-state index contributed by atoms with van der Waals surface area (Å²) in [5, 5.41) is 12.7. The lowest BCUT2D eigenvalue weighted by molar-refractivity contribution is -0.121. The maximum atomic E-state index is 13.0. The Morgan fingerprint density at radius 3 is 2.55 bits per heavy atom. The molecule has 3 aromatic rings. The normalized spacial score (nSPS) is 11.2. The van der Waals surface area contributed by atoms with Crippen LogP contribution >= 0.6 is 0 Å². The molecular formula is C23H31N5O3. The van der Waals surface area contributed by atoms with E-state index in [-0.39, 0.29) is 11.5 Å². The average Bonchev–Trinajstić information content (AvgIpc) is 3.10. The first-order valence-corrected chi connectivity index (χ1v) is 10.8. The summed E-state index contributed by atoms with van der Waals surface area (Å²) in [5.74, 6) is -0.0261. The number of ether oxygens (including phenoxy) is 1. The first kappa shape index (κ1) is 22.7. The van der Waals surface area contributed by atoms with E-state index in [1.54, 1.807) is 4.68 Å². The van der Waals surface area contributed by atoms with Crippen LogP contribution in [0.3, 0.4) is 0 Å². The van der Waals surface area contributed by atoms with E-state index in [1.807, 2.05) is 52.0 Å². The third kappa shape index (κ3) is 5.38. The van der Waals surface area contributed by atoms with Crippen LogP contribution in [0.4, 0.5) is 0 Å². The molecule has 3 rings (SSSR count). The van der Waals surface area contributed by atoms with Gasteiger partial charge >= 0.3 is 0 Å². The number of aromatic nitrogens is 4. The SMILES string of the molecule is CCOCCCNC(=O)CCCn1nc(C)c2c(C)n(-c3ccc(C)cc3)nc2c1=O. The standard InChI is InChI=1S/C23H31N5O3/c1-5-31-15-7-13-24-20(29)8-6-14-27-23(30)22-21(17(3)25-27)18(4)28(26-22)19-11-9-16(2)10-12-19/h9-12H,5-8,13-15H2,1-4H3,(H,24,29). The highest BCUT2D eigenvalue weighted by molar-refractivity contribution is 5.83. The van der Waals surface area contributed by atoms with Crippen LogP contribution in [0.1, 0.15) is 43.1 Å². The van der Waals surface area contributed by atoms with Crippen molar-refractivity contribution in [2.45, 2.75) is 53.5 Å². The second kappa shape index (κ2) is 10.3. The van der Waals surface area contributed by atoms with Crippen LogP contribution in [0.5, 0.6) is 0 Å². The zero-order valence-corrected chi connectivity index (χ0v) is 18.8. The number of carbonyl (C=O) groups excluding carboxylic acids is 1. The van der Waals surface area contributed by atoms with Crippen LogP contribution in [0, 0.1) is 20.8 Å². The van der Waals surface area contributed by atoms with Crippen molar-refractivity contribution in [2.24, 2.45) is 0 Å². The number of hydrogen-bond acceptors (Lipinski definition) is 5. The number of benzene rings is 1. The molecule has 0 radical (unpaired) electrons. The lowest BCUT2D eigenvalue weighted by Gasteiger charge is -2.07. The maximum Gasteiger partial charge on any atom is 0.295 e. The Kier molecular flexibility index (Phi) is 7.57. The van der Waals surface area contributed by atoms with E-state index in [1.165, 1.54) is 4.68 Å². The van der Waals surface area contributed by atoms with Crippen molar-refractivity contribution in [1.29, 1.82) is 0 Å². The summed E-state index contributed by atoms with van der Waals surface area (Å²) in [7, 11) is 0. The van der Waals surface area contributed by atoms with Crippen molar-refractivity contribution >= 4 is 16.8 Å². The molecule has 1 N–H and O–H groups in total. The molecule has 0 saturated carbocycles. The van der Waals surface area contributed by atoms with Crippen LogP contribution in [-0.2, 0) is 16.1 Å². The van der Waals surface area contributed by atoms with Gasteiger partial charge < -0.3 is 10.1 Å². The molecular weight excluding hydrogens is 394 g/mol. The first-order chi connectivity index (χ1) is 14.9. The van der Waals surface area contributed by atoms with E-state index in [0.29, 0.717) is 44.7 Å². The minimum absolute atomic E-state index is 0.0261. The van der Waals surface area contributed by atoms with Gasteiger partial charge in [0, 0.05) is 32.7 Å². The molecule has 8 nitrogen and oxygen atoms in total. The number of hydrogen-bond donors (Lipinski definition) is 1. The minimum Gasteiger partial charge on any atom is -0.382 e. The molecule has 8 heteroatoms. The molecule has 0 unspecified atom stereocenters. The average molecular weight is 426 g/mol. The number of fused-ring (bicyclic) bond motifs is 1. The van der Waals surface area contributed by atoms with Crippen molar-refractivity contribution in [3.05, 3.63) is 51.6 Å². The number of carbonyl (C=O) groups is 1. The summed E-state index contributed by atoms with van der Waals surface area (Å²) in [6.45, 7) is 10.1. The summed E-state index contributed by atoms with van der Waals surface area (Å²) < 4.78 is 8.47. The smallest absolute Gasteiger partial charge is 0.295 e. The third-order valence-electron chi connectivity index (χ3n) is 5.23. The van der Waals surface area contributed by atoms with Crippen molar-refractivity contribution < 1.29 is 9.53 Å². The van der Waals surface area contributed by atoms with E-state index in [2.05, 4.69) is 15.5 Å². The van der Waals surface area contributed by atoms with Crippen molar-refractivity contribution in [3.63, 3.8) is 0 Å². The second-order valence-electron chi connectivity index (χ2n) is 7.67. The van der Waals surface area contributed by atoms with Crippen molar-refractivity contribution in [1.82, 2.24) is 24.9 Å². The minimum atomic E-state index is -0.230. The molecule has 0 aliphatic heterocycles. The Balaban J connectivity index is 1.70. The fourth-order valence-corrected chi connectivity index (χ4v) is 3.60. The van der Waals surface area contributed by atoms with Crippen LogP contribution in [0.2, 0.25) is 0 Å². The first-order valence-electron chi connectivity index (χ1n) is 10.8. The molecule has 0 atom stereocenters. The highest BCUT2D eigenvalue weighted by Crippen LogP contribution is 2.21. The molecule has 2 heterocycles. The molecule has 0 aliphatic carbocycles. The Morgan fingerprint density at radius 2 is 1.84 bits per heavy atom. The summed E-state index contributed by atoms with van der Waals surface area (Å²) in [6.07, 6.45) is 1.67. The van der Waals surface area contributed by atoms with Crippen LogP contribution in [0.15, 0.2) is 29.1 Å². The van der Waals surface area contributed by atoms with Crippen LogP contribution in [0.25, 0.3) is 16.6 Å². The van der Waals surface area contributed by atoms with Gasteiger partial charge in [-0.2, -0.15) is 10.2 Å². The molecule has 166 valence electrons. The number of nitrogens with zero attached hydrogens (tertiary/aromatic N) is 4. The summed E-state index contributed by atoms with van der Waals surface area (Å²) >= 11 is 0. The van der Waals surface area contributed by atoms with Gasteiger partial charge in [-0.15, -0.1) is 0 Å². The van der Waals surface area contributed by atoms with E-state index < -0.39 is 0 Å². The van der Waals surface area contributed by atoms with Crippen molar-refractivity contribution in [2.75, 3.05) is 19.8 Å². The topological polar surface area (TPSA) is 91.0 Å². The molecule has 0 spiro atoms. The van der Waals surface area contributed by atoms with Gasteiger partial charge in [-0.1, -0.05) is 17.7 Å². The number of aryl methyl sites for hydroxylation is 4. The third-order valence-corrected chi connectivity index (χ3v) is 5.23. The van der Waals surface area contributed by atoms with Gasteiger partial charge in [0.2, 0.25) is 5.91 Å². The predicted molar refractivity (Wildman–Crippen MR) is 121 cm³/mol. The highest BCUT2D eigenvalue weighted by Gasteiger charge is 2.17. The largest absolute Gasteiger partial charge is 0.382 e. The van der Waals surface area contributed by atoms with Gasteiger partial charge in [0.1, 0.15) is 0 Å². The molecule has 1 aromatic carbocycles. The highest BCUT2D eigenvalue weighted by atomic mass is 16.5. The molecule has 2 aromatic heterocycles. The Bertz CT molecular complexity index is 1100. The van der Waals surface area contributed by atoms with Gasteiger partial charge in [-0.05, 0) is 52.7 Å². The molecule has 31 heavy (non-hydrogen) atoms. The summed E-state index contributed by atoms with van der Waals surface area (Å²) in [6, 6.07) is 8.02. The van der Waals surface area contributed by atoms with Gasteiger partial charge in [0.15, 0.2) is 5.52 Å². The predicted octanol–water partition coefficient (Wildman–Crippen LogP) is 2.83. The maximum absolute atomic E-state index is 13.0. The number of amides is 1. The molecule has 0 saturated heterocycles. The molecule has 0 aliphatic rings. The zero-order valence-electron chi connectivity index (χ0n) is 18.8. The van der Waals surface area contributed by atoms with Crippen LogP contribution in [-0.4, -0.2) is 45.2 Å². The fourth-order valence-electron chi connectivity index (χ4n) is 3.60. The van der Waals surface area contributed by atoms with Gasteiger partial charge in [0.25, 0.3) is 5.56 Å². The summed E-state index contributed by atoms with van der Waals surface area (Å²) in [4.78, 5) is 25.0. The second-order valence-corrected chi connectivity index (χ2v) is 7.67. The monoisotopic (exact) mass is 425 g/mol. The van der Waals surface area contributed by atoms with Crippen molar-refractivity contribution in [3.8, 4) is 5.69 Å². The Morgan fingerprint density at radius 1 is 1.10 bits per heavy atom. The lowest BCUT2D eigenvalue weighted by atomic mass is 10.2. The summed E-state index contributed by atoms with van der Waals surface area (Å²) in [5.41, 5.74) is 3.89. The van der Waals surface area contributed by atoms with Crippen LogP contribution < -0.4 is 10.9 Å². The van der Waals surface area contributed by atoms with E-state index in [9.17, 15) is 9.59 Å². The molecule has 0 bridgehead atoms. The molecule has 0 fully saturated rings. The van der Waals surface area contributed by atoms with E-state index in [4.69, 9.17) is 4.74 Å². The fraction of sp³-hybridized carbons (Fsp3) is 0.478.